The highest BCUT2D eigenvalue weighted by Crippen LogP contribution is 2.41. The second-order valence-electron chi connectivity index (χ2n) is 6.00. The molecule has 5 heteroatoms. The first-order valence-electron chi connectivity index (χ1n) is 7.61. The van der Waals surface area contributed by atoms with Crippen LogP contribution < -0.4 is 0 Å². The maximum absolute atomic E-state index is 4.65. The van der Waals surface area contributed by atoms with Crippen molar-refractivity contribution in [2.24, 2.45) is 5.92 Å². The van der Waals surface area contributed by atoms with E-state index >= 15 is 0 Å². The third-order valence-electron chi connectivity index (χ3n) is 4.62. The lowest BCUT2D eigenvalue weighted by Crippen LogP contribution is -2.25. The van der Waals surface area contributed by atoms with Gasteiger partial charge in [0.1, 0.15) is 5.03 Å². The van der Waals surface area contributed by atoms with Gasteiger partial charge < -0.3 is 4.90 Å². The Morgan fingerprint density at radius 1 is 1.19 bits per heavy atom. The number of benzene rings is 1. The van der Waals surface area contributed by atoms with E-state index in [1.807, 2.05) is 11.8 Å². The number of nitrogens with zero attached hydrogens (tertiary/aromatic N) is 3. The van der Waals surface area contributed by atoms with E-state index in [1.54, 1.807) is 0 Å². The molecule has 0 saturated carbocycles. The van der Waals surface area contributed by atoms with Crippen LogP contribution in [0.5, 0.6) is 0 Å². The molecule has 0 amide bonds. The van der Waals surface area contributed by atoms with Crippen molar-refractivity contribution in [2.75, 3.05) is 19.6 Å². The van der Waals surface area contributed by atoms with Crippen LogP contribution in [-0.4, -0.2) is 33.3 Å². The average molecular weight is 317 g/mol. The number of fused-ring (bicyclic) bond motifs is 2. The maximum Gasteiger partial charge on any atom is 0.134 e. The topological polar surface area (TPSA) is 29.0 Å². The van der Waals surface area contributed by atoms with Gasteiger partial charge in [-0.1, -0.05) is 42.1 Å². The van der Waals surface area contributed by atoms with Gasteiger partial charge in [0.05, 0.1) is 17.4 Å². The Morgan fingerprint density at radius 2 is 2.10 bits per heavy atom. The summed E-state index contributed by atoms with van der Waals surface area (Å²) in [5.41, 5.74) is 2.63. The third-order valence-corrected chi connectivity index (χ3v) is 6.33. The minimum Gasteiger partial charge on any atom is -0.302 e. The molecular formula is C16H19N3S2. The quantitative estimate of drug-likeness (QED) is 0.805. The van der Waals surface area contributed by atoms with Crippen LogP contribution in [0.4, 0.5) is 0 Å². The normalized spacial score (nSPS) is 27.9. The summed E-state index contributed by atoms with van der Waals surface area (Å²) in [4.78, 5) is 2.60. The SMILES string of the molecule is c1ccc(CSc2nsnc2C2CN3CCCC2C3)cc1. The average Bonchev–Trinajstić information content (AvgIpc) is 3.10. The summed E-state index contributed by atoms with van der Waals surface area (Å²) in [6.07, 6.45) is 2.71. The summed E-state index contributed by atoms with van der Waals surface area (Å²) in [6.45, 7) is 3.73. The number of thioether (sulfide) groups is 1. The van der Waals surface area contributed by atoms with Gasteiger partial charge in [0.15, 0.2) is 0 Å². The second kappa shape index (κ2) is 6.07. The molecule has 3 atom stereocenters. The fourth-order valence-corrected chi connectivity index (χ4v) is 5.29. The molecule has 2 aromatic rings. The standard InChI is InChI=1S/C16H19N3S2/c1-2-5-12(6-3-1)11-20-16-15(17-21-18-16)14-10-19-8-4-7-13(14)9-19/h1-3,5-6,13-14H,4,7-11H2. The highest BCUT2D eigenvalue weighted by Gasteiger charge is 2.38. The van der Waals surface area contributed by atoms with Gasteiger partial charge in [-0.3, -0.25) is 0 Å². The highest BCUT2D eigenvalue weighted by molar-refractivity contribution is 7.98. The molecule has 0 spiro atoms. The zero-order valence-corrected chi connectivity index (χ0v) is 13.6. The Balaban J connectivity index is 1.49. The molecule has 0 aliphatic carbocycles. The highest BCUT2D eigenvalue weighted by atomic mass is 32.2. The summed E-state index contributed by atoms with van der Waals surface area (Å²) in [7, 11) is 0. The summed E-state index contributed by atoms with van der Waals surface area (Å²) < 4.78 is 9.22. The molecule has 0 radical (unpaired) electrons. The molecule has 3 heterocycles. The van der Waals surface area contributed by atoms with Crippen molar-refractivity contribution in [2.45, 2.75) is 29.5 Å². The summed E-state index contributed by atoms with van der Waals surface area (Å²) in [5, 5.41) is 1.17. The van der Waals surface area contributed by atoms with E-state index in [-0.39, 0.29) is 0 Å². The molecule has 2 bridgehead atoms. The van der Waals surface area contributed by atoms with Crippen molar-refractivity contribution < 1.29 is 0 Å². The summed E-state index contributed by atoms with van der Waals surface area (Å²) >= 11 is 3.23. The first-order chi connectivity index (χ1) is 10.4. The third kappa shape index (κ3) is 2.87. The van der Waals surface area contributed by atoms with Crippen LogP contribution >= 0.6 is 23.5 Å². The first-order valence-corrected chi connectivity index (χ1v) is 9.33. The molecular weight excluding hydrogens is 298 g/mol. The molecule has 2 saturated heterocycles. The van der Waals surface area contributed by atoms with Gasteiger partial charge in [0, 0.05) is 24.8 Å². The molecule has 2 fully saturated rings. The number of hydrogen-bond donors (Lipinski definition) is 0. The van der Waals surface area contributed by atoms with Gasteiger partial charge in [-0.25, -0.2) is 0 Å². The monoisotopic (exact) mass is 317 g/mol. The van der Waals surface area contributed by atoms with Crippen molar-refractivity contribution in [3.8, 4) is 0 Å². The first kappa shape index (κ1) is 13.7. The van der Waals surface area contributed by atoms with Gasteiger partial charge in [0.2, 0.25) is 0 Å². The van der Waals surface area contributed by atoms with Gasteiger partial charge in [-0.05, 0) is 30.9 Å². The van der Waals surface area contributed by atoms with Crippen LogP contribution in [0.3, 0.4) is 0 Å². The summed E-state index contributed by atoms with van der Waals surface area (Å²) in [5.74, 6) is 2.41. The lowest BCUT2D eigenvalue weighted by molar-refractivity contribution is 0.269. The number of rotatable bonds is 4. The van der Waals surface area contributed by atoms with Gasteiger partial charge >= 0.3 is 0 Å². The van der Waals surface area contributed by atoms with E-state index in [9.17, 15) is 0 Å². The lowest BCUT2D eigenvalue weighted by Gasteiger charge is -2.21. The van der Waals surface area contributed by atoms with E-state index in [0.29, 0.717) is 5.92 Å². The van der Waals surface area contributed by atoms with Gasteiger partial charge in [-0.2, -0.15) is 8.75 Å². The van der Waals surface area contributed by atoms with Crippen LogP contribution in [0.15, 0.2) is 35.4 Å². The van der Waals surface area contributed by atoms with Crippen molar-refractivity contribution in [3.63, 3.8) is 0 Å². The van der Waals surface area contributed by atoms with Crippen LogP contribution in [0, 0.1) is 5.92 Å². The molecule has 110 valence electrons. The Morgan fingerprint density at radius 3 is 2.95 bits per heavy atom. The minimum absolute atomic E-state index is 0.615. The fourth-order valence-electron chi connectivity index (χ4n) is 3.56. The Kier molecular flexibility index (Phi) is 3.97. The minimum atomic E-state index is 0.615. The van der Waals surface area contributed by atoms with E-state index in [1.165, 1.54) is 60.5 Å². The zero-order valence-electron chi connectivity index (χ0n) is 11.9. The second-order valence-corrected chi connectivity index (χ2v) is 7.49. The molecule has 1 aromatic carbocycles. The number of hydrogen-bond acceptors (Lipinski definition) is 5. The molecule has 2 aliphatic rings. The Labute approximate surface area is 134 Å². The molecule has 3 nitrogen and oxygen atoms in total. The van der Waals surface area contributed by atoms with Crippen molar-refractivity contribution >= 4 is 23.5 Å². The van der Waals surface area contributed by atoms with E-state index in [4.69, 9.17) is 0 Å². The molecule has 3 unspecified atom stereocenters. The molecule has 1 aromatic heterocycles. The zero-order chi connectivity index (χ0) is 14.1. The van der Waals surface area contributed by atoms with Crippen LogP contribution in [-0.2, 0) is 5.75 Å². The van der Waals surface area contributed by atoms with Crippen LogP contribution in [0.1, 0.15) is 30.0 Å². The molecule has 4 rings (SSSR count). The van der Waals surface area contributed by atoms with Crippen LogP contribution in [0.25, 0.3) is 0 Å². The number of aromatic nitrogens is 2. The lowest BCUT2D eigenvalue weighted by atomic mass is 9.89. The predicted molar refractivity (Wildman–Crippen MR) is 87.8 cm³/mol. The van der Waals surface area contributed by atoms with Crippen molar-refractivity contribution in [1.82, 2.24) is 13.6 Å². The fraction of sp³-hybridized carbons (Fsp3) is 0.500. The van der Waals surface area contributed by atoms with Gasteiger partial charge in [-0.15, -0.1) is 0 Å². The van der Waals surface area contributed by atoms with Crippen LogP contribution in [0.2, 0.25) is 0 Å². The number of piperidine rings is 1. The largest absolute Gasteiger partial charge is 0.302 e. The maximum atomic E-state index is 4.65. The van der Waals surface area contributed by atoms with E-state index < -0.39 is 0 Å². The van der Waals surface area contributed by atoms with Gasteiger partial charge in [0.25, 0.3) is 0 Å². The summed E-state index contributed by atoms with van der Waals surface area (Å²) in [6, 6.07) is 10.6. The Hall–Kier alpha value is -0.910. The molecule has 21 heavy (non-hydrogen) atoms. The van der Waals surface area contributed by atoms with Crippen molar-refractivity contribution in [3.05, 3.63) is 41.6 Å². The smallest absolute Gasteiger partial charge is 0.134 e. The Bertz CT molecular complexity index is 599. The van der Waals surface area contributed by atoms with Crippen molar-refractivity contribution in [1.29, 1.82) is 0 Å². The molecule has 2 aliphatic heterocycles. The van der Waals surface area contributed by atoms with E-state index in [0.717, 1.165) is 11.7 Å². The predicted octanol–water partition coefficient (Wildman–Crippen LogP) is 3.64. The van der Waals surface area contributed by atoms with E-state index in [2.05, 4.69) is 44.0 Å². The molecule has 0 N–H and O–H groups in total.